The number of hydrogen-bond donors (Lipinski definition) is 0. The highest BCUT2D eigenvalue weighted by Crippen LogP contribution is 2.21. The van der Waals surface area contributed by atoms with E-state index < -0.39 is 10.0 Å². The molecular formula is C21H25ClN2O3S. The number of amides is 1. The molecule has 0 saturated carbocycles. The van der Waals surface area contributed by atoms with Crippen LogP contribution >= 0.6 is 11.6 Å². The van der Waals surface area contributed by atoms with Gasteiger partial charge in [0, 0.05) is 36.8 Å². The van der Waals surface area contributed by atoms with Crippen LogP contribution in [0.5, 0.6) is 0 Å². The third-order valence-electron chi connectivity index (χ3n) is 5.01. The highest BCUT2D eigenvalue weighted by molar-refractivity contribution is 7.89. The van der Waals surface area contributed by atoms with Crippen LogP contribution in [0.4, 0.5) is 0 Å². The molecule has 2 aromatic rings. The first-order chi connectivity index (χ1) is 13.4. The number of piperidine rings is 1. The van der Waals surface area contributed by atoms with Crippen molar-refractivity contribution in [1.82, 2.24) is 9.21 Å². The Hall–Kier alpha value is -1.89. The average molecular weight is 421 g/mol. The monoisotopic (exact) mass is 420 g/mol. The first-order valence-electron chi connectivity index (χ1n) is 9.56. The third kappa shape index (κ3) is 4.74. The fourth-order valence-corrected chi connectivity index (χ4v) is 4.92. The van der Waals surface area contributed by atoms with Gasteiger partial charge in [-0.1, -0.05) is 30.7 Å². The van der Waals surface area contributed by atoms with E-state index in [1.165, 1.54) is 22.9 Å². The van der Waals surface area contributed by atoms with Crippen LogP contribution in [0.2, 0.25) is 5.02 Å². The maximum absolute atomic E-state index is 12.9. The van der Waals surface area contributed by atoms with Gasteiger partial charge in [0.25, 0.3) is 5.91 Å². The summed E-state index contributed by atoms with van der Waals surface area (Å²) in [4.78, 5) is 14.7. The number of carbonyl (C=O) groups excluding carboxylic acids is 1. The standard InChI is InChI=1S/C21H25ClN2O3S/c1-2-24(28(26,27)20-12-10-19(22)11-13-20)16-17-6-8-18(9-7-17)21(25)23-14-4-3-5-15-23/h6-13H,2-5,14-16H2,1H3. The minimum Gasteiger partial charge on any atom is -0.339 e. The first kappa shape index (κ1) is 20.8. The molecule has 0 aromatic heterocycles. The van der Waals surface area contributed by atoms with Gasteiger partial charge in [-0.3, -0.25) is 4.79 Å². The van der Waals surface area contributed by atoms with Gasteiger partial charge in [0.05, 0.1) is 4.90 Å². The summed E-state index contributed by atoms with van der Waals surface area (Å²) in [5.41, 5.74) is 1.49. The number of likely N-dealkylation sites (tertiary alicyclic amines) is 1. The summed E-state index contributed by atoms with van der Waals surface area (Å²) < 4.78 is 27.2. The molecule has 150 valence electrons. The molecule has 0 unspecified atom stereocenters. The Labute approximate surface area is 172 Å². The zero-order valence-electron chi connectivity index (χ0n) is 16.0. The van der Waals surface area contributed by atoms with Crippen molar-refractivity contribution in [1.29, 1.82) is 0 Å². The van der Waals surface area contributed by atoms with Crippen molar-refractivity contribution in [2.24, 2.45) is 0 Å². The number of nitrogens with zero attached hydrogens (tertiary/aromatic N) is 2. The second-order valence-corrected chi connectivity index (χ2v) is 9.31. The summed E-state index contributed by atoms with van der Waals surface area (Å²) in [6.07, 6.45) is 3.29. The highest BCUT2D eigenvalue weighted by Gasteiger charge is 2.23. The molecule has 1 aliphatic heterocycles. The predicted molar refractivity (Wildman–Crippen MR) is 111 cm³/mol. The van der Waals surface area contributed by atoms with Gasteiger partial charge in [0.1, 0.15) is 0 Å². The lowest BCUT2D eigenvalue weighted by molar-refractivity contribution is 0.0724. The number of benzene rings is 2. The van der Waals surface area contributed by atoms with E-state index in [0.29, 0.717) is 17.1 Å². The first-order valence-corrected chi connectivity index (χ1v) is 11.4. The molecule has 28 heavy (non-hydrogen) atoms. The quantitative estimate of drug-likeness (QED) is 0.704. The van der Waals surface area contributed by atoms with Crippen molar-refractivity contribution >= 4 is 27.5 Å². The molecule has 3 rings (SSSR count). The summed E-state index contributed by atoms with van der Waals surface area (Å²) in [5.74, 6) is 0.0485. The smallest absolute Gasteiger partial charge is 0.253 e. The zero-order chi connectivity index (χ0) is 20.1. The van der Waals surface area contributed by atoms with Crippen molar-refractivity contribution in [3.05, 3.63) is 64.7 Å². The van der Waals surface area contributed by atoms with Gasteiger partial charge in [0.2, 0.25) is 10.0 Å². The van der Waals surface area contributed by atoms with Crippen LogP contribution < -0.4 is 0 Å². The molecule has 5 nitrogen and oxygen atoms in total. The molecule has 0 N–H and O–H groups in total. The van der Waals surface area contributed by atoms with Crippen LogP contribution in [0.15, 0.2) is 53.4 Å². The molecule has 0 bridgehead atoms. The largest absolute Gasteiger partial charge is 0.339 e. The van der Waals surface area contributed by atoms with E-state index in [2.05, 4.69) is 0 Å². The summed E-state index contributed by atoms with van der Waals surface area (Å²) in [6, 6.07) is 13.4. The van der Waals surface area contributed by atoms with Crippen molar-refractivity contribution in [3.8, 4) is 0 Å². The Morgan fingerprint density at radius 1 is 1.00 bits per heavy atom. The maximum Gasteiger partial charge on any atom is 0.253 e. The van der Waals surface area contributed by atoms with Gasteiger partial charge in [0.15, 0.2) is 0 Å². The van der Waals surface area contributed by atoms with E-state index in [0.717, 1.165) is 31.5 Å². The van der Waals surface area contributed by atoms with Crippen LogP contribution in [-0.4, -0.2) is 43.2 Å². The van der Waals surface area contributed by atoms with Crippen LogP contribution in [0.1, 0.15) is 42.1 Å². The van der Waals surface area contributed by atoms with Crippen LogP contribution in [-0.2, 0) is 16.6 Å². The van der Waals surface area contributed by atoms with Gasteiger partial charge in [-0.25, -0.2) is 8.42 Å². The minimum atomic E-state index is -3.61. The maximum atomic E-state index is 12.9. The molecular weight excluding hydrogens is 396 g/mol. The number of hydrogen-bond acceptors (Lipinski definition) is 3. The van der Waals surface area contributed by atoms with Gasteiger partial charge in [-0.05, 0) is 61.2 Å². The molecule has 0 atom stereocenters. The summed E-state index contributed by atoms with van der Waals surface area (Å²) >= 11 is 5.86. The molecule has 1 saturated heterocycles. The Balaban J connectivity index is 1.72. The second-order valence-electron chi connectivity index (χ2n) is 6.93. The average Bonchev–Trinajstić information content (AvgIpc) is 2.72. The van der Waals surface area contributed by atoms with Crippen LogP contribution in [0.3, 0.4) is 0 Å². The highest BCUT2D eigenvalue weighted by atomic mass is 35.5. The van der Waals surface area contributed by atoms with Crippen LogP contribution in [0, 0.1) is 0 Å². The van der Waals surface area contributed by atoms with Crippen LogP contribution in [0.25, 0.3) is 0 Å². The van der Waals surface area contributed by atoms with E-state index in [-0.39, 0.29) is 17.3 Å². The zero-order valence-corrected chi connectivity index (χ0v) is 17.5. The van der Waals surface area contributed by atoms with E-state index in [1.54, 1.807) is 24.3 Å². The summed E-state index contributed by atoms with van der Waals surface area (Å²) in [6.45, 7) is 4.02. The van der Waals surface area contributed by atoms with E-state index in [4.69, 9.17) is 11.6 Å². The lowest BCUT2D eigenvalue weighted by Gasteiger charge is -2.27. The molecule has 0 radical (unpaired) electrons. The number of carbonyl (C=O) groups is 1. The van der Waals surface area contributed by atoms with Gasteiger partial charge in [-0.15, -0.1) is 0 Å². The Morgan fingerprint density at radius 3 is 2.18 bits per heavy atom. The predicted octanol–water partition coefficient (Wildman–Crippen LogP) is 4.18. The molecule has 2 aromatic carbocycles. The van der Waals surface area contributed by atoms with E-state index in [1.807, 2.05) is 24.0 Å². The fourth-order valence-electron chi connectivity index (χ4n) is 3.36. The Kier molecular flexibility index (Phi) is 6.75. The molecule has 1 fully saturated rings. The van der Waals surface area contributed by atoms with Gasteiger partial charge in [-0.2, -0.15) is 4.31 Å². The summed E-state index contributed by atoms with van der Waals surface area (Å²) in [7, 11) is -3.61. The third-order valence-corrected chi connectivity index (χ3v) is 7.19. The topological polar surface area (TPSA) is 57.7 Å². The van der Waals surface area contributed by atoms with Crippen molar-refractivity contribution < 1.29 is 13.2 Å². The van der Waals surface area contributed by atoms with E-state index in [9.17, 15) is 13.2 Å². The molecule has 7 heteroatoms. The molecule has 0 aliphatic carbocycles. The lowest BCUT2D eigenvalue weighted by atomic mass is 10.1. The molecule has 1 amide bonds. The Bertz CT molecular complexity index is 906. The lowest BCUT2D eigenvalue weighted by Crippen LogP contribution is -2.35. The summed E-state index contributed by atoms with van der Waals surface area (Å²) in [5, 5.41) is 0.496. The SMILES string of the molecule is CCN(Cc1ccc(C(=O)N2CCCCC2)cc1)S(=O)(=O)c1ccc(Cl)cc1. The van der Waals surface area contributed by atoms with Gasteiger partial charge >= 0.3 is 0 Å². The normalized spacial score (nSPS) is 15.0. The van der Waals surface area contributed by atoms with E-state index >= 15 is 0 Å². The van der Waals surface area contributed by atoms with Gasteiger partial charge < -0.3 is 4.90 Å². The second kappa shape index (κ2) is 9.07. The van der Waals surface area contributed by atoms with Crippen molar-refractivity contribution in [3.63, 3.8) is 0 Å². The molecule has 1 heterocycles. The number of rotatable bonds is 6. The van der Waals surface area contributed by atoms with Crippen molar-refractivity contribution in [2.75, 3.05) is 19.6 Å². The van der Waals surface area contributed by atoms with Crippen molar-refractivity contribution in [2.45, 2.75) is 37.6 Å². The molecule has 0 spiro atoms. The fraction of sp³-hybridized carbons (Fsp3) is 0.381. The molecule has 1 aliphatic rings. The number of sulfonamides is 1. The Morgan fingerprint density at radius 2 is 1.61 bits per heavy atom. The minimum absolute atomic E-state index is 0.0485. The number of halogens is 1.